The summed E-state index contributed by atoms with van der Waals surface area (Å²) in [7, 11) is 0. The average Bonchev–Trinajstić information content (AvgIpc) is 2.78. The van der Waals surface area contributed by atoms with Crippen LogP contribution < -0.4 is 10.4 Å². The van der Waals surface area contributed by atoms with Gasteiger partial charge in [-0.1, -0.05) is 0 Å². The molecular weight excluding hydrogens is 363 g/mol. The molecule has 0 aliphatic rings. The monoisotopic (exact) mass is 379 g/mol. The summed E-state index contributed by atoms with van der Waals surface area (Å²) in [5.74, 6) is -0.697. The van der Waals surface area contributed by atoms with Crippen molar-refractivity contribution in [3.05, 3.63) is 70.0 Å². The van der Waals surface area contributed by atoms with Gasteiger partial charge in [0.1, 0.15) is 5.75 Å². The van der Waals surface area contributed by atoms with Crippen molar-refractivity contribution in [3.8, 4) is 17.3 Å². The van der Waals surface area contributed by atoms with Crippen molar-refractivity contribution in [3.63, 3.8) is 0 Å². The molecule has 0 aliphatic carbocycles. The van der Waals surface area contributed by atoms with Crippen LogP contribution in [-0.2, 0) is 6.54 Å². The molecule has 3 rings (SSSR count). The zero-order valence-corrected chi connectivity index (χ0v) is 14.5. The quantitative estimate of drug-likeness (QED) is 0.755. The number of ether oxygens (including phenoxy) is 1. The fourth-order valence-corrected chi connectivity index (χ4v) is 2.74. The maximum Gasteiger partial charge on any atom is 0.573 e. The minimum absolute atomic E-state index is 0.222. The zero-order valence-electron chi connectivity index (χ0n) is 14.5. The smallest absolute Gasteiger partial charge is 0.493 e. The number of rotatable bonds is 4. The third-order valence-electron chi connectivity index (χ3n) is 3.99. The maximum atomic E-state index is 12.8. The van der Waals surface area contributed by atoms with E-state index in [-0.39, 0.29) is 18.1 Å². The van der Waals surface area contributed by atoms with Gasteiger partial charge in [0, 0.05) is 11.9 Å². The van der Waals surface area contributed by atoms with Crippen molar-refractivity contribution in [1.82, 2.24) is 14.1 Å². The van der Waals surface area contributed by atoms with Crippen LogP contribution in [0, 0.1) is 13.8 Å². The van der Waals surface area contributed by atoms with E-state index in [0.29, 0.717) is 5.69 Å². The molecule has 0 spiro atoms. The molecule has 0 saturated carbocycles. The standard InChI is InChI=1S/C18H16F3N3O3/c1-11-9-13(7-8-22-11)10-23-12(2)16(25)24(17(23)26)14-3-5-15(6-4-14)27-18(19,20)21/h3-9,25H,10H2,1-2H3. The average molecular weight is 379 g/mol. The highest BCUT2D eigenvalue weighted by atomic mass is 19.4. The molecular formula is C18H16F3N3O3. The predicted molar refractivity (Wildman–Crippen MR) is 91.2 cm³/mol. The Balaban J connectivity index is 1.96. The van der Waals surface area contributed by atoms with E-state index in [0.717, 1.165) is 28.0 Å². The summed E-state index contributed by atoms with van der Waals surface area (Å²) in [6, 6.07) is 8.27. The first-order valence-corrected chi connectivity index (χ1v) is 7.94. The summed E-state index contributed by atoms with van der Waals surface area (Å²) in [6.07, 6.45) is -3.18. The van der Waals surface area contributed by atoms with E-state index in [4.69, 9.17) is 0 Å². The van der Waals surface area contributed by atoms with Gasteiger partial charge in [-0.05, 0) is 55.8 Å². The topological polar surface area (TPSA) is 69.3 Å². The summed E-state index contributed by atoms with van der Waals surface area (Å²) in [5.41, 5.74) is 1.68. The van der Waals surface area contributed by atoms with Crippen LogP contribution >= 0.6 is 0 Å². The van der Waals surface area contributed by atoms with Crippen LogP contribution in [0.2, 0.25) is 0 Å². The lowest BCUT2D eigenvalue weighted by Gasteiger charge is -2.09. The molecule has 0 atom stereocenters. The second-order valence-electron chi connectivity index (χ2n) is 5.96. The van der Waals surface area contributed by atoms with Gasteiger partial charge < -0.3 is 9.84 Å². The summed E-state index contributed by atoms with van der Waals surface area (Å²) >= 11 is 0. The Bertz CT molecular complexity index is 1020. The number of aromatic nitrogens is 3. The summed E-state index contributed by atoms with van der Waals surface area (Å²) in [4.78, 5) is 16.8. The molecule has 0 bridgehead atoms. The van der Waals surface area contributed by atoms with Gasteiger partial charge >= 0.3 is 12.1 Å². The lowest BCUT2D eigenvalue weighted by molar-refractivity contribution is -0.274. The molecule has 6 nitrogen and oxygen atoms in total. The van der Waals surface area contributed by atoms with Crippen molar-refractivity contribution in [2.24, 2.45) is 0 Å². The first kappa shape index (κ1) is 18.6. The third kappa shape index (κ3) is 3.97. The van der Waals surface area contributed by atoms with Crippen LogP contribution in [0.1, 0.15) is 17.0 Å². The maximum absolute atomic E-state index is 12.8. The normalized spacial score (nSPS) is 11.6. The lowest BCUT2D eigenvalue weighted by atomic mass is 10.2. The van der Waals surface area contributed by atoms with E-state index in [1.807, 2.05) is 13.0 Å². The number of pyridine rings is 1. The summed E-state index contributed by atoms with van der Waals surface area (Å²) in [6.45, 7) is 3.64. The first-order chi connectivity index (χ1) is 12.7. The van der Waals surface area contributed by atoms with Crippen LogP contribution in [0.3, 0.4) is 0 Å². The van der Waals surface area contributed by atoms with E-state index in [1.54, 1.807) is 19.2 Å². The fraction of sp³-hybridized carbons (Fsp3) is 0.222. The molecule has 0 saturated heterocycles. The highest BCUT2D eigenvalue weighted by Crippen LogP contribution is 2.25. The van der Waals surface area contributed by atoms with Crippen LogP contribution in [-0.4, -0.2) is 25.6 Å². The zero-order chi connectivity index (χ0) is 19.8. The Morgan fingerprint density at radius 2 is 1.81 bits per heavy atom. The largest absolute Gasteiger partial charge is 0.573 e. The molecule has 9 heteroatoms. The van der Waals surface area contributed by atoms with E-state index in [9.17, 15) is 23.1 Å². The summed E-state index contributed by atoms with van der Waals surface area (Å²) < 4.78 is 43.0. The fourth-order valence-electron chi connectivity index (χ4n) is 2.74. The van der Waals surface area contributed by atoms with Crippen molar-refractivity contribution in [1.29, 1.82) is 0 Å². The second kappa shape index (κ2) is 6.82. The van der Waals surface area contributed by atoms with Gasteiger partial charge in [-0.25, -0.2) is 9.36 Å². The SMILES string of the molecule is Cc1cc(Cn2c(C)c(O)n(-c3ccc(OC(F)(F)F)cc3)c2=O)ccn1. The number of nitrogens with zero attached hydrogens (tertiary/aromatic N) is 3. The number of alkyl halides is 3. The van der Waals surface area contributed by atoms with Crippen molar-refractivity contribution < 1.29 is 23.0 Å². The second-order valence-corrected chi connectivity index (χ2v) is 5.96. The van der Waals surface area contributed by atoms with Crippen LogP contribution in [0.5, 0.6) is 11.6 Å². The van der Waals surface area contributed by atoms with Crippen LogP contribution in [0.15, 0.2) is 47.4 Å². The Labute approximate surface area is 152 Å². The first-order valence-electron chi connectivity index (χ1n) is 7.94. The number of hydrogen-bond donors (Lipinski definition) is 1. The van der Waals surface area contributed by atoms with Gasteiger partial charge in [0.25, 0.3) is 0 Å². The van der Waals surface area contributed by atoms with E-state index in [1.165, 1.54) is 16.7 Å². The Morgan fingerprint density at radius 3 is 2.41 bits per heavy atom. The minimum atomic E-state index is -4.80. The van der Waals surface area contributed by atoms with E-state index >= 15 is 0 Å². The molecule has 2 aromatic heterocycles. The molecule has 0 unspecified atom stereocenters. The number of benzene rings is 1. The third-order valence-corrected chi connectivity index (χ3v) is 3.99. The van der Waals surface area contributed by atoms with E-state index in [2.05, 4.69) is 9.72 Å². The van der Waals surface area contributed by atoms with Gasteiger partial charge in [0.05, 0.1) is 17.9 Å². The molecule has 1 aromatic carbocycles. The molecule has 0 radical (unpaired) electrons. The molecule has 2 heterocycles. The Morgan fingerprint density at radius 1 is 1.15 bits per heavy atom. The summed E-state index contributed by atoms with van der Waals surface area (Å²) in [5, 5.41) is 10.4. The lowest BCUT2D eigenvalue weighted by Crippen LogP contribution is -2.24. The predicted octanol–water partition coefficient (Wildman–Crippen LogP) is 3.30. The molecule has 0 aliphatic heterocycles. The van der Waals surface area contributed by atoms with Crippen LogP contribution in [0.25, 0.3) is 5.69 Å². The van der Waals surface area contributed by atoms with Crippen LogP contribution in [0.4, 0.5) is 13.2 Å². The molecule has 3 aromatic rings. The van der Waals surface area contributed by atoms with Crippen molar-refractivity contribution >= 4 is 0 Å². The molecule has 142 valence electrons. The van der Waals surface area contributed by atoms with Gasteiger partial charge in [-0.15, -0.1) is 13.2 Å². The number of hydrogen-bond acceptors (Lipinski definition) is 4. The number of aryl methyl sites for hydroxylation is 1. The van der Waals surface area contributed by atoms with Gasteiger partial charge in [0.15, 0.2) is 0 Å². The number of imidazole rings is 1. The van der Waals surface area contributed by atoms with Gasteiger partial charge in [0.2, 0.25) is 5.88 Å². The van der Waals surface area contributed by atoms with Crippen molar-refractivity contribution in [2.45, 2.75) is 26.8 Å². The number of halogens is 3. The molecule has 1 N–H and O–H groups in total. The van der Waals surface area contributed by atoms with E-state index < -0.39 is 17.8 Å². The Kier molecular flexibility index (Phi) is 4.69. The molecule has 0 amide bonds. The molecule has 0 fully saturated rings. The Hall–Kier alpha value is -3.23. The minimum Gasteiger partial charge on any atom is -0.493 e. The highest BCUT2D eigenvalue weighted by molar-refractivity contribution is 5.41. The highest BCUT2D eigenvalue weighted by Gasteiger charge is 2.31. The molecule has 27 heavy (non-hydrogen) atoms. The van der Waals surface area contributed by atoms with Gasteiger partial charge in [-0.2, -0.15) is 0 Å². The number of aromatic hydroxyl groups is 1. The van der Waals surface area contributed by atoms with Gasteiger partial charge in [-0.3, -0.25) is 9.55 Å². The van der Waals surface area contributed by atoms with Crippen molar-refractivity contribution in [2.75, 3.05) is 0 Å².